The summed E-state index contributed by atoms with van der Waals surface area (Å²) in [5.74, 6) is -2.67. The van der Waals surface area contributed by atoms with Crippen molar-refractivity contribution < 1.29 is 22.7 Å². The van der Waals surface area contributed by atoms with Gasteiger partial charge in [0.25, 0.3) is 5.56 Å². The number of hydrogen-bond acceptors (Lipinski definition) is 5. The Morgan fingerprint density at radius 2 is 2.04 bits per heavy atom. The van der Waals surface area contributed by atoms with Crippen molar-refractivity contribution in [3.05, 3.63) is 39.4 Å². The fourth-order valence-corrected chi connectivity index (χ4v) is 2.23. The van der Waals surface area contributed by atoms with E-state index >= 15 is 0 Å². The average molecular weight is 345 g/mol. The Kier molecular flexibility index (Phi) is 4.33. The van der Waals surface area contributed by atoms with Gasteiger partial charge in [0.1, 0.15) is 28.9 Å². The summed E-state index contributed by atoms with van der Waals surface area (Å²) >= 11 is 0.930. The van der Waals surface area contributed by atoms with E-state index in [1.807, 2.05) is 0 Å². The van der Waals surface area contributed by atoms with Gasteiger partial charge in [-0.1, -0.05) is 11.8 Å². The molecular weight excluding hydrogens is 338 g/mol. The van der Waals surface area contributed by atoms with Crippen molar-refractivity contribution >= 4 is 11.8 Å². The minimum absolute atomic E-state index is 0.0415. The highest BCUT2D eigenvalue weighted by Crippen LogP contribution is 2.42. The number of halogens is 4. The average Bonchev–Trinajstić information content (AvgIpc) is 2.45. The van der Waals surface area contributed by atoms with Gasteiger partial charge in [-0.25, -0.2) is 9.37 Å². The lowest BCUT2D eigenvalue weighted by molar-refractivity contribution is -0.138. The molecule has 23 heavy (non-hydrogen) atoms. The van der Waals surface area contributed by atoms with E-state index in [1.54, 1.807) is 0 Å². The third kappa shape index (κ3) is 3.00. The summed E-state index contributed by atoms with van der Waals surface area (Å²) in [6.07, 6.45) is -3.43. The molecule has 5 nitrogen and oxygen atoms in total. The molecule has 0 saturated carbocycles. The summed E-state index contributed by atoms with van der Waals surface area (Å²) in [5.41, 5.74) is -4.74. The largest absolute Gasteiger partial charge is 0.506 e. The Bertz CT molecular complexity index is 871. The van der Waals surface area contributed by atoms with Crippen molar-refractivity contribution in [1.82, 2.24) is 9.97 Å². The van der Waals surface area contributed by atoms with Gasteiger partial charge in [0.05, 0.1) is 11.1 Å². The zero-order valence-electron chi connectivity index (χ0n) is 11.3. The van der Waals surface area contributed by atoms with Crippen LogP contribution in [0, 0.1) is 17.1 Å². The second kappa shape index (κ2) is 5.92. The van der Waals surface area contributed by atoms with E-state index < -0.39 is 45.7 Å². The normalized spacial score (nSPS) is 11.3. The van der Waals surface area contributed by atoms with Crippen LogP contribution in [-0.2, 0) is 6.18 Å². The molecule has 0 aliphatic rings. The van der Waals surface area contributed by atoms with Crippen molar-refractivity contribution in [3.8, 4) is 23.1 Å². The van der Waals surface area contributed by atoms with Gasteiger partial charge in [-0.2, -0.15) is 18.4 Å². The van der Waals surface area contributed by atoms with Crippen LogP contribution in [0.4, 0.5) is 17.6 Å². The van der Waals surface area contributed by atoms with Crippen molar-refractivity contribution in [1.29, 1.82) is 5.26 Å². The molecule has 0 amide bonds. The second-order valence-corrected chi connectivity index (χ2v) is 5.02. The van der Waals surface area contributed by atoms with Crippen molar-refractivity contribution in [2.45, 2.75) is 11.3 Å². The summed E-state index contributed by atoms with van der Waals surface area (Å²) in [7, 11) is 0. The number of nitrogens with one attached hydrogen (secondary N) is 1. The van der Waals surface area contributed by atoms with Crippen LogP contribution in [0.5, 0.6) is 5.75 Å². The molecule has 1 heterocycles. The van der Waals surface area contributed by atoms with Crippen LogP contribution in [0.1, 0.15) is 11.1 Å². The summed E-state index contributed by atoms with van der Waals surface area (Å²) < 4.78 is 52.5. The number of aromatic nitrogens is 2. The standard InChI is InChI=1S/C13H7F4N3O2S/c1-23-12-19-9(5(4-18)11(22)20-12)8-7(14)3-2-6(10(8)21)13(15,16)17/h2-3,21H,1H3,(H,19,20,22). The van der Waals surface area contributed by atoms with Crippen LogP contribution in [0.2, 0.25) is 0 Å². The summed E-state index contributed by atoms with van der Waals surface area (Å²) in [6, 6.07) is 2.30. The van der Waals surface area contributed by atoms with Crippen molar-refractivity contribution in [3.63, 3.8) is 0 Å². The van der Waals surface area contributed by atoms with Gasteiger partial charge in [-0.15, -0.1) is 0 Å². The van der Waals surface area contributed by atoms with Crippen molar-refractivity contribution in [2.24, 2.45) is 0 Å². The third-order valence-corrected chi connectivity index (χ3v) is 3.45. The van der Waals surface area contributed by atoms with E-state index in [4.69, 9.17) is 5.26 Å². The van der Waals surface area contributed by atoms with E-state index in [9.17, 15) is 27.5 Å². The smallest absolute Gasteiger partial charge is 0.419 e. The highest BCUT2D eigenvalue weighted by atomic mass is 32.2. The first-order valence-corrected chi connectivity index (χ1v) is 7.10. The maximum Gasteiger partial charge on any atom is 0.419 e. The molecule has 0 saturated heterocycles. The summed E-state index contributed by atoms with van der Waals surface area (Å²) in [6.45, 7) is 0. The van der Waals surface area contributed by atoms with E-state index in [-0.39, 0.29) is 5.16 Å². The maximum atomic E-state index is 14.0. The SMILES string of the molecule is CSc1nc(-c2c(F)ccc(C(F)(F)F)c2O)c(C#N)c(=O)[nH]1. The molecule has 2 N–H and O–H groups in total. The molecule has 1 aromatic carbocycles. The predicted molar refractivity (Wildman–Crippen MR) is 73.4 cm³/mol. The van der Waals surface area contributed by atoms with Crippen molar-refractivity contribution in [2.75, 3.05) is 6.26 Å². The molecule has 10 heteroatoms. The van der Waals surface area contributed by atoms with E-state index in [2.05, 4.69) is 9.97 Å². The number of H-pyrrole nitrogens is 1. The van der Waals surface area contributed by atoms with E-state index in [0.717, 1.165) is 11.8 Å². The van der Waals surface area contributed by atoms with Crippen LogP contribution in [0.15, 0.2) is 22.1 Å². The number of benzene rings is 1. The van der Waals surface area contributed by atoms with Gasteiger partial charge in [0, 0.05) is 0 Å². The number of phenols is 1. The molecule has 0 fully saturated rings. The Hall–Kier alpha value is -2.54. The first-order valence-electron chi connectivity index (χ1n) is 5.88. The number of alkyl halides is 3. The fraction of sp³-hybridized carbons (Fsp3) is 0.154. The Labute approximate surface area is 130 Å². The molecule has 120 valence electrons. The van der Waals surface area contributed by atoms with Crippen LogP contribution >= 0.6 is 11.8 Å². The first kappa shape index (κ1) is 16.8. The number of thioether (sulfide) groups is 1. The quantitative estimate of drug-likeness (QED) is 0.496. The van der Waals surface area contributed by atoms with Crippen LogP contribution in [0.3, 0.4) is 0 Å². The highest BCUT2D eigenvalue weighted by Gasteiger charge is 2.36. The zero-order valence-corrected chi connectivity index (χ0v) is 12.1. The minimum Gasteiger partial charge on any atom is -0.506 e. The second-order valence-electron chi connectivity index (χ2n) is 4.23. The lowest BCUT2D eigenvalue weighted by atomic mass is 10.0. The lowest BCUT2D eigenvalue weighted by Gasteiger charge is -2.13. The number of nitrogens with zero attached hydrogens (tertiary/aromatic N) is 2. The maximum absolute atomic E-state index is 14.0. The zero-order chi connectivity index (χ0) is 17.4. The topological polar surface area (TPSA) is 89.8 Å². The molecule has 0 atom stereocenters. The van der Waals surface area contributed by atoms with Gasteiger partial charge >= 0.3 is 6.18 Å². The number of hydrogen-bond donors (Lipinski definition) is 2. The Morgan fingerprint density at radius 1 is 1.39 bits per heavy atom. The molecule has 2 rings (SSSR count). The van der Waals surface area contributed by atoms with Gasteiger partial charge in [-0.3, -0.25) is 4.79 Å². The predicted octanol–water partition coefficient (Wildman–Crippen LogP) is 2.89. The molecule has 0 aliphatic heterocycles. The summed E-state index contributed by atoms with van der Waals surface area (Å²) in [5, 5.41) is 18.8. The molecule has 0 bridgehead atoms. The first-order chi connectivity index (χ1) is 10.7. The van der Waals surface area contributed by atoms with Crippen LogP contribution in [-0.4, -0.2) is 21.3 Å². The fourth-order valence-electron chi connectivity index (χ4n) is 1.85. The summed E-state index contributed by atoms with van der Waals surface area (Å²) in [4.78, 5) is 17.7. The minimum atomic E-state index is -4.94. The monoisotopic (exact) mass is 345 g/mol. The molecule has 1 aromatic heterocycles. The third-order valence-electron chi connectivity index (χ3n) is 2.87. The highest BCUT2D eigenvalue weighted by molar-refractivity contribution is 7.98. The molecule has 2 aromatic rings. The Balaban J connectivity index is 2.90. The number of nitriles is 1. The van der Waals surface area contributed by atoms with Crippen LogP contribution in [0.25, 0.3) is 11.3 Å². The number of aromatic amines is 1. The van der Waals surface area contributed by atoms with Gasteiger partial charge in [-0.05, 0) is 18.4 Å². The van der Waals surface area contributed by atoms with Gasteiger partial charge in [0.2, 0.25) is 0 Å². The van der Waals surface area contributed by atoms with E-state index in [1.165, 1.54) is 12.3 Å². The Morgan fingerprint density at radius 3 is 2.57 bits per heavy atom. The number of phenolic OH excluding ortho intramolecular Hbond substituents is 1. The molecular formula is C13H7F4N3O2S. The molecule has 0 unspecified atom stereocenters. The van der Waals surface area contributed by atoms with Gasteiger partial charge < -0.3 is 10.1 Å². The molecule has 0 aliphatic carbocycles. The van der Waals surface area contributed by atoms with E-state index in [0.29, 0.717) is 12.1 Å². The number of aromatic hydroxyl groups is 1. The van der Waals surface area contributed by atoms with Gasteiger partial charge in [0.15, 0.2) is 5.16 Å². The van der Waals surface area contributed by atoms with Crippen LogP contribution < -0.4 is 5.56 Å². The lowest BCUT2D eigenvalue weighted by Crippen LogP contribution is -2.15. The molecule has 0 spiro atoms. The molecule has 0 radical (unpaired) electrons. The number of rotatable bonds is 2.